The first kappa shape index (κ1) is 23.8. The Bertz CT molecular complexity index is 889. The minimum absolute atomic E-state index is 0. The molecule has 0 bridgehead atoms. The van der Waals surface area contributed by atoms with E-state index >= 15 is 0 Å². The Balaban J connectivity index is 0.000000425. The van der Waals surface area contributed by atoms with Gasteiger partial charge in [0.05, 0.1) is 11.3 Å². The van der Waals surface area contributed by atoms with Crippen molar-refractivity contribution in [3.63, 3.8) is 0 Å². The molecule has 28 heavy (non-hydrogen) atoms. The number of nitrogens with zero attached hydrogens (tertiary/aromatic N) is 1. The second-order valence-electron chi connectivity index (χ2n) is 6.43. The first-order valence-corrected chi connectivity index (χ1v) is 9.20. The Hall–Kier alpha value is -2.23. The van der Waals surface area contributed by atoms with Crippen LogP contribution in [0.5, 0.6) is 0 Å². The molecule has 0 aliphatic heterocycles. The predicted octanol–water partition coefficient (Wildman–Crippen LogP) is 6.23. The minimum Gasteiger partial charge on any atom is -0.512 e. The third-order valence-electron chi connectivity index (χ3n) is 4.22. The second kappa shape index (κ2) is 11.6. The van der Waals surface area contributed by atoms with Gasteiger partial charge in [0.15, 0.2) is 5.78 Å². The zero-order chi connectivity index (χ0) is 19.8. The van der Waals surface area contributed by atoms with Crippen molar-refractivity contribution < 1.29 is 34.4 Å². The molecule has 1 aromatic heterocycles. The van der Waals surface area contributed by atoms with Crippen LogP contribution >= 0.6 is 0 Å². The van der Waals surface area contributed by atoms with Gasteiger partial charge in [-0.05, 0) is 31.9 Å². The van der Waals surface area contributed by atoms with Gasteiger partial charge in [-0.25, -0.2) is 0 Å². The first-order chi connectivity index (χ1) is 12.9. The van der Waals surface area contributed by atoms with Crippen molar-refractivity contribution >= 4 is 16.9 Å². The molecular weight excluding hydrogens is 530 g/mol. The van der Waals surface area contributed by atoms with Crippen molar-refractivity contribution in [2.75, 3.05) is 0 Å². The normalized spacial score (nSPS) is 11.0. The molecule has 1 radical (unpaired) electrons. The van der Waals surface area contributed by atoms with Crippen molar-refractivity contribution in [2.45, 2.75) is 46.5 Å². The van der Waals surface area contributed by atoms with Crippen LogP contribution in [0.2, 0.25) is 0 Å². The van der Waals surface area contributed by atoms with Gasteiger partial charge >= 0.3 is 0 Å². The Labute approximate surface area is 180 Å². The number of carbonyl (C=O) groups is 1. The van der Waals surface area contributed by atoms with E-state index in [9.17, 15) is 4.79 Å². The summed E-state index contributed by atoms with van der Waals surface area (Å²) in [6, 6.07) is 17.3. The van der Waals surface area contributed by atoms with Gasteiger partial charge in [0.2, 0.25) is 0 Å². The first-order valence-electron chi connectivity index (χ1n) is 9.20. The largest absolute Gasteiger partial charge is 0.512 e. The van der Waals surface area contributed by atoms with Crippen LogP contribution in [0, 0.1) is 6.07 Å². The Morgan fingerprint density at radius 3 is 2.43 bits per heavy atom. The van der Waals surface area contributed by atoms with Crippen LogP contribution in [-0.4, -0.2) is 15.9 Å². The van der Waals surface area contributed by atoms with Gasteiger partial charge in [-0.1, -0.05) is 44.4 Å². The molecule has 0 fully saturated rings. The van der Waals surface area contributed by atoms with Crippen molar-refractivity contribution in [2.24, 2.45) is 0 Å². The number of para-hydroxylation sites is 2. The van der Waals surface area contributed by atoms with E-state index in [2.05, 4.69) is 37.0 Å². The number of carbonyl (C=O) groups excluding carboxylic acids is 1. The minimum atomic E-state index is -0.125. The number of aliphatic hydroxyl groups excluding tert-OH is 1. The number of ketones is 1. The smallest absolute Gasteiger partial charge is 0.155 e. The monoisotopic (exact) mass is 557 g/mol. The predicted molar refractivity (Wildman–Crippen MR) is 109 cm³/mol. The average molecular weight is 557 g/mol. The van der Waals surface area contributed by atoms with Crippen LogP contribution in [0.25, 0.3) is 22.6 Å². The Kier molecular flexibility index (Phi) is 9.84. The number of hydrogen-bond acceptors (Lipinski definition) is 4. The molecule has 3 rings (SSSR count). The van der Waals surface area contributed by atoms with Crippen molar-refractivity contribution in [1.82, 2.24) is 4.98 Å². The number of rotatable bonds is 5. The van der Waals surface area contributed by atoms with E-state index in [4.69, 9.17) is 9.52 Å². The molecule has 0 unspecified atom stereocenters. The summed E-state index contributed by atoms with van der Waals surface area (Å²) in [7, 11) is 0. The zero-order valence-electron chi connectivity index (χ0n) is 16.7. The standard InChI is InChI=1S/C18H18NO.C5H8O2.Ir/c1-3-13(4-2)14-8-7-9-15(12-14)18-19-16-10-5-6-11-17(16)20-18;1-4(6)3-5(2)7;/h5-8,10-13H,3-4H2,1-2H3;3,6H,1-2H3;/q-1;;/b;4-3-;. The maximum absolute atomic E-state index is 10.0. The molecule has 0 saturated heterocycles. The van der Waals surface area contributed by atoms with Gasteiger partial charge in [0.25, 0.3) is 0 Å². The van der Waals surface area contributed by atoms with Gasteiger partial charge in [-0.3, -0.25) is 9.78 Å². The summed E-state index contributed by atoms with van der Waals surface area (Å²) in [6.07, 6.45) is 3.46. The molecule has 0 spiro atoms. The van der Waals surface area contributed by atoms with Crippen molar-refractivity contribution in [3.8, 4) is 11.5 Å². The zero-order valence-corrected chi connectivity index (χ0v) is 19.0. The van der Waals surface area contributed by atoms with Crippen molar-refractivity contribution in [1.29, 1.82) is 0 Å². The fourth-order valence-electron chi connectivity index (χ4n) is 2.90. The topological polar surface area (TPSA) is 63.3 Å². The van der Waals surface area contributed by atoms with Crippen LogP contribution in [0.15, 0.2) is 58.7 Å². The van der Waals surface area contributed by atoms with Crippen molar-refractivity contribution in [3.05, 3.63) is 65.9 Å². The summed E-state index contributed by atoms with van der Waals surface area (Å²) >= 11 is 0. The fraction of sp³-hybridized carbons (Fsp3) is 0.304. The van der Waals surface area contributed by atoms with E-state index < -0.39 is 0 Å². The van der Waals surface area contributed by atoms with E-state index in [1.165, 1.54) is 25.5 Å². The molecule has 0 saturated carbocycles. The summed E-state index contributed by atoms with van der Waals surface area (Å²) in [5, 5.41) is 8.36. The summed E-state index contributed by atoms with van der Waals surface area (Å²) in [5.41, 5.74) is 3.99. The van der Waals surface area contributed by atoms with E-state index in [0.717, 1.165) is 29.5 Å². The van der Waals surface area contributed by atoms with Gasteiger partial charge in [0, 0.05) is 26.2 Å². The molecule has 0 amide bonds. The fourth-order valence-corrected chi connectivity index (χ4v) is 2.90. The summed E-state index contributed by atoms with van der Waals surface area (Å²) in [4.78, 5) is 14.6. The van der Waals surface area contributed by atoms with Crippen LogP contribution in [-0.2, 0) is 24.9 Å². The number of hydrogen-bond donors (Lipinski definition) is 1. The van der Waals surface area contributed by atoms with E-state index in [1.807, 2.05) is 30.3 Å². The molecule has 5 heteroatoms. The van der Waals surface area contributed by atoms with Crippen LogP contribution < -0.4 is 0 Å². The third-order valence-corrected chi connectivity index (χ3v) is 4.22. The second-order valence-corrected chi connectivity index (χ2v) is 6.43. The van der Waals surface area contributed by atoms with E-state index in [1.54, 1.807) is 0 Å². The van der Waals surface area contributed by atoms with Crippen LogP contribution in [0.3, 0.4) is 0 Å². The molecule has 1 heterocycles. The van der Waals surface area contributed by atoms with Crippen LogP contribution in [0.1, 0.15) is 52.0 Å². The summed E-state index contributed by atoms with van der Waals surface area (Å²) < 4.78 is 5.81. The number of aromatic nitrogens is 1. The number of fused-ring (bicyclic) bond motifs is 1. The molecule has 3 aromatic rings. The molecule has 4 nitrogen and oxygen atoms in total. The van der Waals surface area contributed by atoms with E-state index in [-0.39, 0.29) is 31.6 Å². The van der Waals surface area contributed by atoms with Crippen LogP contribution in [0.4, 0.5) is 0 Å². The third kappa shape index (κ3) is 6.74. The number of aliphatic hydroxyl groups is 1. The number of oxazole rings is 1. The Morgan fingerprint density at radius 2 is 1.89 bits per heavy atom. The number of benzene rings is 2. The summed E-state index contributed by atoms with van der Waals surface area (Å²) in [5.74, 6) is 1.18. The molecule has 1 N–H and O–H groups in total. The molecule has 0 aliphatic rings. The maximum Gasteiger partial charge on any atom is 0.155 e. The summed E-state index contributed by atoms with van der Waals surface area (Å²) in [6.45, 7) is 7.30. The van der Waals surface area contributed by atoms with Gasteiger partial charge in [-0.15, -0.1) is 29.8 Å². The average Bonchev–Trinajstić information content (AvgIpc) is 3.07. The molecule has 151 valence electrons. The Morgan fingerprint density at radius 1 is 1.21 bits per heavy atom. The molecular formula is C23H26IrNO3-. The van der Waals surface area contributed by atoms with Gasteiger partial charge in [-0.2, -0.15) is 0 Å². The molecule has 0 aliphatic carbocycles. The maximum atomic E-state index is 10.0. The van der Waals surface area contributed by atoms with Gasteiger partial charge < -0.3 is 9.52 Å². The number of allylic oxidation sites excluding steroid dienone is 2. The SMILES string of the molecule is CC(=O)/C=C(/C)O.CCC(CC)c1cc[c-]c(-c2nc3ccccc3o2)c1.[Ir]. The molecule has 2 aromatic carbocycles. The van der Waals surface area contributed by atoms with E-state index in [0.29, 0.717) is 11.8 Å². The van der Waals surface area contributed by atoms with Gasteiger partial charge in [0.1, 0.15) is 11.5 Å². The molecule has 0 atom stereocenters. The quantitative estimate of drug-likeness (QED) is 0.230.